The van der Waals surface area contributed by atoms with Crippen LogP contribution in [0.3, 0.4) is 0 Å². The fourth-order valence-electron chi connectivity index (χ4n) is 3.29. The van der Waals surface area contributed by atoms with E-state index in [1.54, 1.807) is 31.4 Å². The number of sulfonamides is 1. The van der Waals surface area contributed by atoms with E-state index >= 15 is 0 Å². The zero-order valence-corrected chi connectivity index (χ0v) is 17.1. The Morgan fingerprint density at radius 3 is 2.61 bits per heavy atom. The fourth-order valence-corrected chi connectivity index (χ4v) is 3.87. The van der Waals surface area contributed by atoms with E-state index in [-0.39, 0.29) is 23.2 Å². The predicted molar refractivity (Wildman–Crippen MR) is 107 cm³/mol. The summed E-state index contributed by atoms with van der Waals surface area (Å²) in [5.41, 5.74) is 0.839. The van der Waals surface area contributed by atoms with Crippen molar-refractivity contribution in [2.75, 3.05) is 18.1 Å². The fraction of sp³-hybridized carbons (Fsp3) is 0.350. The Hall–Kier alpha value is -2.74. The molecule has 0 saturated carbocycles. The molecule has 1 amide bonds. The molecule has 0 fully saturated rings. The van der Waals surface area contributed by atoms with Gasteiger partial charge in [-0.2, -0.15) is 0 Å². The Balaban J connectivity index is 1.93. The van der Waals surface area contributed by atoms with Crippen LogP contribution in [0.15, 0.2) is 42.5 Å². The summed E-state index contributed by atoms with van der Waals surface area (Å²) in [7, 11) is -1.93. The number of hydrogen-bond acceptors (Lipinski definition) is 5. The lowest BCUT2D eigenvalue weighted by molar-refractivity contribution is 0.0618. The normalized spacial score (nSPS) is 17.8. The number of carbonyl (C=O) groups excluding carboxylic acids is 1. The first-order valence-corrected chi connectivity index (χ1v) is 10.7. The summed E-state index contributed by atoms with van der Waals surface area (Å²) < 4.78 is 36.9. The van der Waals surface area contributed by atoms with Crippen LogP contribution in [-0.2, 0) is 10.0 Å². The molecule has 0 saturated heterocycles. The van der Waals surface area contributed by atoms with E-state index in [0.717, 1.165) is 11.8 Å². The highest BCUT2D eigenvalue weighted by Crippen LogP contribution is 2.41. The number of carbonyl (C=O) groups is 1. The van der Waals surface area contributed by atoms with E-state index in [9.17, 15) is 13.2 Å². The molecule has 1 aliphatic rings. The van der Waals surface area contributed by atoms with Gasteiger partial charge in [-0.05, 0) is 44.2 Å². The summed E-state index contributed by atoms with van der Waals surface area (Å²) in [4.78, 5) is 13.0. The van der Waals surface area contributed by atoms with E-state index in [1.807, 2.05) is 32.0 Å². The first kappa shape index (κ1) is 20.0. The van der Waals surface area contributed by atoms with Gasteiger partial charge in [-0.3, -0.25) is 9.52 Å². The van der Waals surface area contributed by atoms with Gasteiger partial charge in [0.2, 0.25) is 10.0 Å². The molecule has 0 aliphatic carbocycles. The maximum atomic E-state index is 13.0. The highest BCUT2D eigenvalue weighted by molar-refractivity contribution is 7.92. The average Bonchev–Trinajstić information content (AvgIpc) is 2.59. The van der Waals surface area contributed by atoms with Crippen LogP contribution >= 0.6 is 0 Å². The Labute approximate surface area is 165 Å². The molecule has 8 heteroatoms. The SMILES string of the molecule is COc1ccc2c(c1)C(NC(=O)c1ccccc1NS(C)(=O)=O)CC(C)(C)O2. The number of ether oxygens (including phenoxy) is 2. The first-order valence-electron chi connectivity index (χ1n) is 8.82. The van der Waals surface area contributed by atoms with Gasteiger partial charge in [0.15, 0.2) is 0 Å². The molecular formula is C20H24N2O5S. The number of amides is 1. The maximum absolute atomic E-state index is 13.0. The van der Waals surface area contributed by atoms with E-state index in [4.69, 9.17) is 9.47 Å². The third-order valence-corrected chi connectivity index (χ3v) is 5.04. The summed E-state index contributed by atoms with van der Waals surface area (Å²) in [6.07, 6.45) is 1.60. The maximum Gasteiger partial charge on any atom is 0.253 e. The lowest BCUT2D eigenvalue weighted by Gasteiger charge is -2.38. The van der Waals surface area contributed by atoms with Gasteiger partial charge in [-0.15, -0.1) is 0 Å². The molecule has 7 nitrogen and oxygen atoms in total. The standard InChI is InChI=1S/C20H24N2O5S/c1-20(2)12-17(15-11-13(26-3)9-10-18(15)27-20)21-19(23)14-7-5-6-8-16(14)22-28(4,24)25/h5-11,17,22H,12H2,1-4H3,(H,21,23). The topological polar surface area (TPSA) is 93.7 Å². The molecular weight excluding hydrogens is 380 g/mol. The molecule has 1 atom stereocenters. The summed E-state index contributed by atoms with van der Waals surface area (Å²) >= 11 is 0. The Kier molecular flexibility index (Phi) is 5.25. The van der Waals surface area contributed by atoms with Gasteiger partial charge in [0.1, 0.15) is 17.1 Å². The van der Waals surface area contributed by atoms with Gasteiger partial charge in [-0.25, -0.2) is 8.42 Å². The van der Waals surface area contributed by atoms with E-state index in [1.165, 1.54) is 0 Å². The van der Waals surface area contributed by atoms with Gasteiger partial charge in [-0.1, -0.05) is 12.1 Å². The second kappa shape index (κ2) is 7.35. The number of fused-ring (bicyclic) bond motifs is 1. The Bertz CT molecular complexity index is 1000. The number of methoxy groups -OCH3 is 1. The molecule has 0 aromatic heterocycles. The largest absolute Gasteiger partial charge is 0.497 e. The van der Waals surface area contributed by atoms with Gasteiger partial charge in [0.25, 0.3) is 5.91 Å². The van der Waals surface area contributed by atoms with Crippen molar-refractivity contribution in [3.63, 3.8) is 0 Å². The van der Waals surface area contributed by atoms with Crippen molar-refractivity contribution in [3.05, 3.63) is 53.6 Å². The lowest BCUT2D eigenvalue weighted by atomic mass is 9.89. The minimum absolute atomic E-state index is 0.236. The van der Waals surface area contributed by atoms with Crippen LogP contribution in [0.25, 0.3) is 0 Å². The smallest absolute Gasteiger partial charge is 0.253 e. The van der Waals surface area contributed by atoms with Gasteiger partial charge < -0.3 is 14.8 Å². The van der Waals surface area contributed by atoms with Crippen LogP contribution in [-0.4, -0.2) is 33.3 Å². The minimum atomic E-state index is -3.51. The molecule has 1 heterocycles. The summed E-state index contributed by atoms with van der Waals surface area (Å²) in [6, 6.07) is 11.7. The zero-order valence-electron chi connectivity index (χ0n) is 16.3. The molecule has 0 spiro atoms. The van der Waals surface area contributed by atoms with Crippen LogP contribution in [0.5, 0.6) is 11.5 Å². The van der Waals surface area contributed by atoms with Crippen molar-refractivity contribution < 1.29 is 22.7 Å². The number of rotatable bonds is 5. The monoisotopic (exact) mass is 404 g/mol. The summed E-state index contributed by atoms with van der Waals surface area (Å²) in [5, 5.41) is 3.02. The molecule has 2 N–H and O–H groups in total. The van der Waals surface area contributed by atoms with Crippen molar-refractivity contribution >= 4 is 21.6 Å². The highest BCUT2D eigenvalue weighted by Gasteiger charge is 2.35. The lowest BCUT2D eigenvalue weighted by Crippen LogP contribution is -2.41. The number of nitrogens with one attached hydrogen (secondary N) is 2. The second-order valence-electron chi connectivity index (χ2n) is 7.42. The van der Waals surface area contributed by atoms with Crippen molar-refractivity contribution in [2.45, 2.75) is 31.9 Å². The number of benzene rings is 2. The molecule has 0 bridgehead atoms. The van der Waals surface area contributed by atoms with Crippen molar-refractivity contribution in [3.8, 4) is 11.5 Å². The first-order chi connectivity index (χ1) is 13.1. The number of hydrogen-bond donors (Lipinski definition) is 2. The third-order valence-electron chi connectivity index (χ3n) is 4.45. The molecule has 2 aromatic rings. The van der Waals surface area contributed by atoms with Crippen LogP contribution in [0.1, 0.15) is 42.2 Å². The van der Waals surface area contributed by atoms with Crippen LogP contribution in [0.2, 0.25) is 0 Å². The summed E-state index contributed by atoms with van der Waals surface area (Å²) in [5.74, 6) is 0.980. The highest BCUT2D eigenvalue weighted by atomic mass is 32.2. The molecule has 1 aliphatic heterocycles. The van der Waals surface area contributed by atoms with Crippen molar-refractivity contribution in [2.24, 2.45) is 0 Å². The molecule has 150 valence electrons. The molecule has 2 aromatic carbocycles. The van der Waals surface area contributed by atoms with Gasteiger partial charge >= 0.3 is 0 Å². The van der Waals surface area contributed by atoms with E-state index in [2.05, 4.69) is 10.0 Å². The van der Waals surface area contributed by atoms with Gasteiger partial charge in [0, 0.05) is 12.0 Å². The molecule has 3 rings (SSSR count). The Morgan fingerprint density at radius 2 is 1.93 bits per heavy atom. The second-order valence-corrected chi connectivity index (χ2v) is 9.16. The minimum Gasteiger partial charge on any atom is -0.497 e. The molecule has 0 radical (unpaired) electrons. The van der Waals surface area contributed by atoms with Gasteiger partial charge in [0.05, 0.1) is 30.7 Å². The molecule has 28 heavy (non-hydrogen) atoms. The zero-order chi connectivity index (χ0) is 20.5. The van der Waals surface area contributed by atoms with Crippen LogP contribution in [0, 0.1) is 0 Å². The van der Waals surface area contributed by atoms with Crippen molar-refractivity contribution in [1.82, 2.24) is 5.32 Å². The molecule has 1 unspecified atom stereocenters. The average molecular weight is 404 g/mol. The Morgan fingerprint density at radius 1 is 1.21 bits per heavy atom. The predicted octanol–water partition coefficient (Wildman–Crippen LogP) is 3.10. The number of para-hydroxylation sites is 1. The van der Waals surface area contributed by atoms with E-state index < -0.39 is 15.6 Å². The van der Waals surface area contributed by atoms with E-state index in [0.29, 0.717) is 17.9 Å². The third kappa shape index (κ3) is 4.56. The van der Waals surface area contributed by atoms with Crippen molar-refractivity contribution in [1.29, 1.82) is 0 Å². The number of anilines is 1. The van der Waals surface area contributed by atoms with Crippen LogP contribution in [0.4, 0.5) is 5.69 Å². The summed E-state index contributed by atoms with van der Waals surface area (Å²) in [6.45, 7) is 3.91. The van der Waals surface area contributed by atoms with Crippen LogP contribution < -0.4 is 19.5 Å². The quantitative estimate of drug-likeness (QED) is 0.799.